The number of carboxylic acids is 1. The molecule has 16 heavy (non-hydrogen) atoms. The minimum Gasteiger partial charge on any atom is -0.481 e. The summed E-state index contributed by atoms with van der Waals surface area (Å²) in [6.45, 7) is 4.41. The third-order valence-electron chi connectivity index (χ3n) is 2.82. The van der Waals surface area contributed by atoms with E-state index in [1.54, 1.807) is 11.0 Å². The van der Waals surface area contributed by atoms with E-state index in [0.717, 1.165) is 6.42 Å². The van der Waals surface area contributed by atoms with Gasteiger partial charge in [0.15, 0.2) is 0 Å². The fourth-order valence-corrected chi connectivity index (χ4v) is 1.89. The van der Waals surface area contributed by atoms with Crippen molar-refractivity contribution in [2.45, 2.75) is 25.3 Å². The van der Waals surface area contributed by atoms with Gasteiger partial charge in [0, 0.05) is 13.1 Å². The molecule has 5 heteroatoms. The van der Waals surface area contributed by atoms with Gasteiger partial charge in [-0.2, -0.15) is 0 Å². The topological polar surface area (TPSA) is 83.6 Å². The van der Waals surface area contributed by atoms with Crippen LogP contribution in [0, 0.1) is 5.92 Å². The van der Waals surface area contributed by atoms with Gasteiger partial charge in [-0.1, -0.05) is 6.08 Å². The second-order valence-electron chi connectivity index (χ2n) is 4.09. The Morgan fingerprint density at radius 1 is 1.62 bits per heavy atom. The lowest BCUT2D eigenvalue weighted by molar-refractivity contribution is -0.146. The molecular formula is C11H18N2O3. The summed E-state index contributed by atoms with van der Waals surface area (Å²) in [5, 5.41) is 8.89. The molecule has 1 amide bonds. The van der Waals surface area contributed by atoms with Gasteiger partial charge in [0.2, 0.25) is 5.91 Å². The van der Waals surface area contributed by atoms with Crippen molar-refractivity contribution >= 4 is 11.9 Å². The number of piperidine rings is 1. The maximum atomic E-state index is 11.8. The van der Waals surface area contributed by atoms with Crippen LogP contribution < -0.4 is 5.73 Å². The maximum absolute atomic E-state index is 11.8. The van der Waals surface area contributed by atoms with E-state index in [0.29, 0.717) is 19.4 Å². The second-order valence-corrected chi connectivity index (χ2v) is 4.09. The number of carbonyl (C=O) groups excluding carboxylic acids is 1. The normalized spacial score (nSPS) is 22.6. The summed E-state index contributed by atoms with van der Waals surface area (Å²) in [5.41, 5.74) is 5.67. The zero-order valence-electron chi connectivity index (χ0n) is 9.26. The Labute approximate surface area is 94.9 Å². The molecule has 1 aliphatic rings. The number of amides is 1. The molecule has 5 nitrogen and oxygen atoms in total. The van der Waals surface area contributed by atoms with Crippen LogP contribution in [0.15, 0.2) is 12.7 Å². The molecule has 1 aliphatic heterocycles. The van der Waals surface area contributed by atoms with E-state index in [9.17, 15) is 9.59 Å². The zero-order chi connectivity index (χ0) is 12.1. The average Bonchev–Trinajstić information content (AvgIpc) is 2.28. The second kappa shape index (κ2) is 5.65. The van der Waals surface area contributed by atoms with E-state index >= 15 is 0 Å². The number of hydrogen-bond donors (Lipinski definition) is 2. The molecule has 0 aromatic carbocycles. The SMILES string of the molecule is C=CCC(N)C(=O)N1CCCC(C(=O)O)C1. The van der Waals surface area contributed by atoms with Crippen LogP contribution in [0.2, 0.25) is 0 Å². The molecule has 0 bridgehead atoms. The fraction of sp³-hybridized carbons (Fsp3) is 0.636. The molecule has 0 aromatic rings. The molecule has 0 spiro atoms. The van der Waals surface area contributed by atoms with E-state index in [2.05, 4.69) is 6.58 Å². The molecule has 1 saturated heterocycles. The molecule has 0 radical (unpaired) electrons. The first-order valence-corrected chi connectivity index (χ1v) is 5.44. The van der Waals surface area contributed by atoms with Crippen LogP contribution in [0.5, 0.6) is 0 Å². The average molecular weight is 226 g/mol. The van der Waals surface area contributed by atoms with E-state index in [-0.39, 0.29) is 12.5 Å². The Balaban J connectivity index is 2.56. The Hall–Kier alpha value is -1.36. The number of rotatable bonds is 4. The summed E-state index contributed by atoms with van der Waals surface area (Å²) in [6.07, 6.45) is 3.38. The van der Waals surface area contributed by atoms with Crippen molar-refractivity contribution in [1.29, 1.82) is 0 Å². The van der Waals surface area contributed by atoms with Crippen molar-refractivity contribution in [2.75, 3.05) is 13.1 Å². The molecule has 3 N–H and O–H groups in total. The minimum absolute atomic E-state index is 0.175. The van der Waals surface area contributed by atoms with Crippen molar-refractivity contribution in [3.8, 4) is 0 Å². The summed E-state index contributed by atoms with van der Waals surface area (Å²) in [7, 11) is 0. The molecule has 2 atom stereocenters. The standard InChI is InChI=1S/C11H18N2O3/c1-2-4-9(12)10(14)13-6-3-5-8(7-13)11(15)16/h2,8-9H,1,3-7,12H2,(H,15,16). The molecule has 1 rings (SSSR count). The number of aliphatic carboxylic acids is 1. The van der Waals surface area contributed by atoms with Crippen molar-refractivity contribution in [1.82, 2.24) is 4.90 Å². The smallest absolute Gasteiger partial charge is 0.308 e. The van der Waals surface area contributed by atoms with Crippen LogP contribution in [0.1, 0.15) is 19.3 Å². The zero-order valence-corrected chi connectivity index (χ0v) is 9.26. The van der Waals surface area contributed by atoms with Crippen molar-refractivity contribution in [2.24, 2.45) is 11.7 Å². The number of nitrogens with two attached hydrogens (primary N) is 1. The summed E-state index contributed by atoms with van der Waals surface area (Å²) in [4.78, 5) is 24.2. The van der Waals surface area contributed by atoms with E-state index in [1.165, 1.54) is 0 Å². The molecule has 1 heterocycles. The summed E-state index contributed by atoms with van der Waals surface area (Å²) >= 11 is 0. The highest BCUT2D eigenvalue weighted by Crippen LogP contribution is 2.17. The van der Waals surface area contributed by atoms with Gasteiger partial charge in [-0.3, -0.25) is 9.59 Å². The third-order valence-corrected chi connectivity index (χ3v) is 2.82. The van der Waals surface area contributed by atoms with Crippen LogP contribution in [-0.2, 0) is 9.59 Å². The molecular weight excluding hydrogens is 208 g/mol. The lowest BCUT2D eigenvalue weighted by Crippen LogP contribution is -2.49. The monoisotopic (exact) mass is 226 g/mol. The third kappa shape index (κ3) is 3.06. The molecule has 0 aliphatic carbocycles. The largest absolute Gasteiger partial charge is 0.481 e. The Bertz CT molecular complexity index is 291. The van der Waals surface area contributed by atoms with Crippen LogP contribution in [-0.4, -0.2) is 41.0 Å². The summed E-state index contributed by atoms with van der Waals surface area (Å²) in [5.74, 6) is -1.46. The van der Waals surface area contributed by atoms with Gasteiger partial charge in [0.25, 0.3) is 0 Å². The number of nitrogens with zero attached hydrogens (tertiary/aromatic N) is 1. The van der Waals surface area contributed by atoms with Crippen LogP contribution in [0.25, 0.3) is 0 Å². The highest BCUT2D eigenvalue weighted by molar-refractivity contribution is 5.82. The van der Waals surface area contributed by atoms with Crippen molar-refractivity contribution < 1.29 is 14.7 Å². The van der Waals surface area contributed by atoms with Crippen molar-refractivity contribution in [3.05, 3.63) is 12.7 Å². The van der Waals surface area contributed by atoms with Gasteiger partial charge in [-0.15, -0.1) is 6.58 Å². The van der Waals surface area contributed by atoms with Crippen molar-refractivity contribution in [3.63, 3.8) is 0 Å². The van der Waals surface area contributed by atoms with Crippen LogP contribution in [0.4, 0.5) is 0 Å². The predicted octanol–water partition coefficient (Wildman–Crippen LogP) is 0.213. The molecule has 0 aromatic heterocycles. The number of likely N-dealkylation sites (tertiary alicyclic amines) is 1. The Morgan fingerprint density at radius 3 is 2.88 bits per heavy atom. The molecule has 90 valence electrons. The molecule has 0 saturated carbocycles. The quantitative estimate of drug-likeness (QED) is 0.671. The van der Waals surface area contributed by atoms with Gasteiger partial charge in [-0.05, 0) is 19.3 Å². The highest BCUT2D eigenvalue weighted by Gasteiger charge is 2.29. The van der Waals surface area contributed by atoms with E-state index in [4.69, 9.17) is 10.8 Å². The van der Waals surface area contributed by atoms with E-state index in [1.807, 2.05) is 0 Å². The number of hydrogen-bond acceptors (Lipinski definition) is 3. The molecule has 1 fully saturated rings. The first-order valence-electron chi connectivity index (χ1n) is 5.44. The number of carboxylic acid groups (broad SMARTS) is 1. The first-order chi connectivity index (χ1) is 7.56. The predicted molar refractivity (Wildman–Crippen MR) is 59.7 cm³/mol. The minimum atomic E-state index is -0.838. The van der Waals surface area contributed by atoms with Gasteiger partial charge < -0.3 is 15.7 Å². The number of carbonyl (C=O) groups is 2. The van der Waals surface area contributed by atoms with E-state index < -0.39 is 17.9 Å². The lowest BCUT2D eigenvalue weighted by Gasteiger charge is -2.32. The van der Waals surface area contributed by atoms with Gasteiger partial charge in [0.1, 0.15) is 0 Å². The highest BCUT2D eigenvalue weighted by atomic mass is 16.4. The van der Waals surface area contributed by atoms with Gasteiger partial charge >= 0.3 is 5.97 Å². The van der Waals surface area contributed by atoms with Gasteiger partial charge in [0.05, 0.1) is 12.0 Å². The molecule has 2 unspecified atom stereocenters. The van der Waals surface area contributed by atoms with Gasteiger partial charge in [-0.25, -0.2) is 0 Å². The first kappa shape index (κ1) is 12.7. The summed E-state index contributed by atoms with van der Waals surface area (Å²) in [6, 6.07) is -0.593. The summed E-state index contributed by atoms with van der Waals surface area (Å²) < 4.78 is 0. The van der Waals surface area contributed by atoms with Crippen LogP contribution in [0.3, 0.4) is 0 Å². The Morgan fingerprint density at radius 2 is 2.31 bits per heavy atom. The Kier molecular flexibility index (Phi) is 4.49. The maximum Gasteiger partial charge on any atom is 0.308 e. The van der Waals surface area contributed by atoms with Crippen LogP contribution >= 0.6 is 0 Å². The lowest BCUT2D eigenvalue weighted by atomic mass is 9.97. The fourth-order valence-electron chi connectivity index (χ4n) is 1.89.